The van der Waals surface area contributed by atoms with Gasteiger partial charge in [-0.1, -0.05) is 30.3 Å². The number of rotatable bonds is 2. The van der Waals surface area contributed by atoms with Crippen molar-refractivity contribution in [3.05, 3.63) is 72.3 Å². The molecule has 0 unspecified atom stereocenters. The number of aliphatic hydroxyl groups excluding tert-OH is 3. The molecule has 0 fully saturated rings. The summed E-state index contributed by atoms with van der Waals surface area (Å²) in [6.45, 7) is 10.3. The van der Waals surface area contributed by atoms with Gasteiger partial charge in [-0.2, -0.15) is 36.4 Å². The number of aliphatic carboxylic acids is 1. The second kappa shape index (κ2) is 26.5. The van der Waals surface area contributed by atoms with E-state index >= 15 is 0 Å². The Labute approximate surface area is 191 Å². The molecule has 0 aliphatic rings. The molecule has 0 radical (unpaired) electrons. The molecule has 0 heterocycles. The van der Waals surface area contributed by atoms with Crippen LogP contribution in [-0.4, -0.2) is 44.7 Å². The molecule has 0 aromatic heterocycles. The van der Waals surface area contributed by atoms with Gasteiger partial charge in [-0.3, -0.25) is 4.79 Å². The van der Waals surface area contributed by atoms with Crippen LogP contribution in [0.1, 0.15) is 47.1 Å². The Hall–Kier alpha value is -1.50. The molecule has 29 heavy (non-hydrogen) atoms. The van der Waals surface area contributed by atoms with Gasteiger partial charge in [-0.25, -0.2) is 0 Å². The molecule has 0 spiro atoms. The zero-order valence-corrected chi connectivity index (χ0v) is 20.0. The second-order valence-electron chi connectivity index (χ2n) is 6.41. The maximum atomic E-state index is 10.2. The van der Waals surface area contributed by atoms with Gasteiger partial charge in [-0.05, 0) is 47.1 Å². The van der Waals surface area contributed by atoms with Crippen molar-refractivity contribution in [2.45, 2.75) is 66.3 Å². The third kappa shape index (κ3) is 58.4. The van der Waals surface area contributed by atoms with E-state index in [0.717, 1.165) is 5.56 Å². The Balaban J connectivity index is -0.000000143. The van der Waals surface area contributed by atoms with Gasteiger partial charge in [0.1, 0.15) is 0 Å². The molecule has 0 bridgehead atoms. The number of hydrogen-bond donors (Lipinski definition) is 4. The Morgan fingerprint density at radius 1 is 0.759 bits per heavy atom. The van der Waals surface area contributed by atoms with Gasteiger partial charge >= 0.3 is 5.97 Å². The number of carbonyl (C=O) groups is 1. The quantitative estimate of drug-likeness (QED) is 0.418. The zero-order valence-electron chi connectivity index (χ0n) is 18.4. The number of hydrogen-bond acceptors (Lipinski definition) is 4. The van der Waals surface area contributed by atoms with E-state index in [2.05, 4.69) is 6.07 Å². The van der Waals surface area contributed by atoms with Gasteiger partial charge in [0.2, 0.25) is 0 Å². The van der Waals surface area contributed by atoms with Crippen LogP contribution in [0.2, 0.25) is 0 Å². The van der Waals surface area contributed by atoms with Crippen molar-refractivity contribution >= 4 is 5.97 Å². The Kier molecular flexibility index (Phi) is 32.0. The van der Waals surface area contributed by atoms with Crippen molar-refractivity contribution in [2.24, 2.45) is 0 Å². The fraction of sp³-hybridized carbons (Fsp3) is 0.435. The minimum Gasteiger partial charge on any atom is -0.481 e. The molecular weight excluding hydrogens is 404 g/mol. The van der Waals surface area contributed by atoms with Crippen molar-refractivity contribution in [3.63, 3.8) is 0 Å². The molecule has 5 nitrogen and oxygen atoms in total. The van der Waals surface area contributed by atoms with Crippen LogP contribution in [-0.2, 0) is 32.9 Å². The molecule has 2 aromatic carbocycles. The number of carboxylic acid groups (broad SMARTS) is 1. The molecule has 0 aliphatic carbocycles. The third-order valence-electron chi connectivity index (χ3n) is 1.81. The second-order valence-corrected chi connectivity index (χ2v) is 6.41. The largest absolute Gasteiger partial charge is 0.481 e. The molecule has 6 heteroatoms. The van der Waals surface area contributed by atoms with E-state index < -0.39 is 5.97 Å². The normalized spacial score (nSPS) is 8.55. The van der Waals surface area contributed by atoms with E-state index in [1.165, 1.54) is 0 Å². The van der Waals surface area contributed by atoms with Gasteiger partial charge < -0.3 is 20.4 Å². The Bertz CT molecular complexity index is 482. The summed E-state index contributed by atoms with van der Waals surface area (Å²) < 4.78 is 0. The maximum Gasteiger partial charge on any atom is 0.307 e. The van der Waals surface area contributed by atoms with Crippen LogP contribution in [0.25, 0.3) is 0 Å². The topological polar surface area (TPSA) is 98.0 Å². The third-order valence-corrected chi connectivity index (χ3v) is 1.81. The zero-order chi connectivity index (χ0) is 22.4. The maximum absolute atomic E-state index is 10.2. The van der Waals surface area contributed by atoms with Gasteiger partial charge in [0.15, 0.2) is 0 Å². The first-order chi connectivity index (χ1) is 13.0. The predicted molar refractivity (Wildman–Crippen MR) is 115 cm³/mol. The predicted octanol–water partition coefficient (Wildman–Crippen LogP) is 3.96. The van der Waals surface area contributed by atoms with Crippen LogP contribution >= 0.6 is 0 Å². The molecule has 0 atom stereocenters. The smallest absolute Gasteiger partial charge is 0.307 e. The van der Waals surface area contributed by atoms with Crippen LogP contribution in [0.15, 0.2) is 60.7 Å². The monoisotopic (exact) mass is 441 g/mol. The van der Waals surface area contributed by atoms with E-state index in [0.29, 0.717) is 0 Å². The van der Waals surface area contributed by atoms with Crippen LogP contribution in [0.5, 0.6) is 0 Å². The summed E-state index contributed by atoms with van der Waals surface area (Å²) in [7, 11) is 0. The number of aliphatic hydroxyl groups is 3. The summed E-state index contributed by atoms with van der Waals surface area (Å²) in [4.78, 5) is 10.2. The van der Waals surface area contributed by atoms with Crippen LogP contribution < -0.4 is 0 Å². The van der Waals surface area contributed by atoms with Gasteiger partial charge in [0, 0.05) is 40.0 Å². The van der Waals surface area contributed by atoms with E-state index in [9.17, 15) is 4.79 Å². The first-order valence-corrected chi connectivity index (χ1v) is 9.19. The molecule has 2 aromatic rings. The molecule has 164 valence electrons. The molecule has 0 aliphatic heterocycles. The van der Waals surface area contributed by atoms with Gasteiger partial charge in [0.05, 0.1) is 6.42 Å². The molecule has 0 saturated carbocycles. The van der Waals surface area contributed by atoms with E-state index in [1.54, 1.807) is 53.7 Å². The Morgan fingerprint density at radius 3 is 1.28 bits per heavy atom. The number of benzene rings is 2. The van der Waals surface area contributed by atoms with Gasteiger partial charge in [0.25, 0.3) is 0 Å². The molecule has 2 rings (SSSR count). The SMILES string of the molecule is CC(C)O.CC(C)O.CC(C)O.O=C(O)Cc1ccccc1.[Ti].[c-]1ccccc1. The van der Waals surface area contributed by atoms with Gasteiger partial charge in [-0.15, -0.1) is 0 Å². The summed E-state index contributed by atoms with van der Waals surface area (Å²) in [5.74, 6) is -0.786. The van der Waals surface area contributed by atoms with Crippen molar-refractivity contribution in [1.29, 1.82) is 0 Å². The average molecular weight is 441 g/mol. The minimum absolute atomic E-state index is 0. The minimum atomic E-state index is -0.786. The standard InChI is InChI=1S/C8H8O2.C6H5.3C3H8O.Ti/c9-8(10)6-7-4-2-1-3-5-7;1-2-4-6-5-3-1;3*1-3(2)4;/h1-5H,6H2,(H,9,10);1-5H;3*3-4H,1-2H3;/q;-1;;;;. The van der Waals surface area contributed by atoms with E-state index in [4.69, 9.17) is 20.4 Å². The summed E-state index contributed by atoms with van der Waals surface area (Å²) in [5.41, 5.74) is 0.843. The fourth-order valence-corrected chi connectivity index (χ4v) is 1.11. The number of carboxylic acids is 1. The first kappa shape index (κ1) is 35.0. The Morgan fingerprint density at radius 2 is 1.07 bits per heavy atom. The fourth-order valence-electron chi connectivity index (χ4n) is 1.11. The summed E-state index contributed by atoms with van der Waals surface area (Å²) >= 11 is 0. The molecular formula is C23H37O5Ti-. The summed E-state index contributed by atoms with van der Waals surface area (Å²) in [6, 6.07) is 21.6. The molecule has 0 amide bonds. The van der Waals surface area contributed by atoms with Crippen molar-refractivity contribution in [2.75, 3.05) is 0 Å². The van der Waals surface area contributed by atoms with E-state index in [1.807, 2.05) is 48.5 Å². The summed E-state index contributed by atoms with van der Waals surface area (Å²) in [5, 5.41) is 32.5. The molecule has 0 saturated heterocycles. The van der Waals surface area contributed by atoms with Crippen LogP contribution in [0.4, 0.5) is 0 Å². The van der Waals surface area contributed by atoms with E-state index in [-0.39, 0.29) is 46.5 Å². The average Bonchev–Trinajstić information content (AvgIpc) is 2.56. The first-order valence-electron chi connectivity index (χ1n) is 9.19. The van der Waals surface area contributed by atoms with Crippen molar-refractivity contribution in [1.82, 2.24) is 0 Å². The van der Waals surface area contributed by atoms with Crippen molar-refractivity contribution < 1.29 is 46.9 Å². The molecule has 4 N–H and O–H groups in total. The summed E-state index contributed by atoms with van der Waals surface area (Å²) in [6.07, 6.45) is -0.388. The van der Waals surface area contributed by atoms with Crippen LogP contribution in [0, 0.1) is 6.07 Å². The van der Waals surface area contributed by atoms with Crippen LogP contribution in [0.3, 0.4) is 0 Å². The van der Waals surface area contributed by atoms with Crippen molar-refractivity contribution in [3.8, 4) is 0 Å².